The molecule has 0 fully saturated rings. The average molecular weight is 312 g/mol. The summed E-state index contributed by atoms with van der Waals surface area (Å²) < 4.78 is 11.4. The number of nitriles is 1. The van der Waals surface area contributed by atoms with Gasteiger partial charge in [-0.25, -0.2) is 0 Å². The fourth-order valence-corrected chi connectivity index (χ4v) is 3.26. The van der Waals surface area contributed by atoms with Gasteiger partial charge in [0.2, 0.25) is 0 Å². The van der Waals surface area contributed by atoms with Crippen LogP contribution >= 0.6 is 0 Å². The summed E-state index contributed by atoms with van der Waals surface area (Å²) in [6, 6.07) is 2.41. The van der Waals surface area contributed by atoms with E-state index in [-0.39, 0.29) is 0 Å². The second-order valence-electron chi connectivity index (χ2n) is 6.55. The number of methoxy groups -OCH3 is 2. The molecular weight excluding hydrogens is 274 g/mol. The molecule has 0 aliphatic carbocycles. The Morgan fingerprint density at radius 3 is 1.73 bits per heavy atom. The Bertz CT molecular complexity index is 313. The van der Waals surface area contributed by atoms with Gasteiger partial charge in [-0.05, 0) is 26.2 Å². The molecule has 0 rings (SSSR count). The van der Waals surface area contributed by atoms with Crippen molar-refractivity contribution in [3.8, 4) is 6.07 Å². The van der Waals surface area contributed by atoms with Gasteiger partial charge in [-0.15, -0.1) is 0 Å². The zero-order chi connectivity index (χ0) is 16.9. The number of hydrogen-bond acceptors (Lipinski definition) is 3. The zero-order valence-corrected chi connectivity index (χ0v) is 15.5. The Balaban J connectivity index is 4.32. The fraction of sp³-hybridized carbons (Fsp3) is 0.947. The summed E-state index contributed by atoms with van der Waals surface area (Å²) in [6.07, 6.45) is 12.7. The molecule has 0 aromatic heterocycles. The van der Waals surface area contributed by atoms with Crippen molar-refractivity contribution in [1.29, 1.82) is 5.26 Å². The summed E-state index contributed by atoms with van der Waals surface area (Å²) >= 11 is 0. The van der Waals surface area contributed by atoms with E-state index in [4.69, 9.17) is 9.47 Å². The summed E-state index contributed by atoms with van der Waals surface area (Å²) in [5.41, 5.74) is -1.37. The van der Waals surface area contributed by atoms with Gasteiger partial charge >= 0.3 is 0 Å². The van der Waals surface area contributed by atoms with Gasteiger partial charge in [-0.2, -0.15) is 5.26 Å². The molecule has 0 aromatic rings. The lowest BCUT2D eigenvalue weighted by atomic mass is 9.78. The lowest BCUT2D eigenvalue weighted by Crippen LogP contribution is -2.53. The Kier molecular flexibility index (Phi) is 11.6. The van der Waals surface area contributed by atoms with Crippen LogP contribution in [0.4, 0.5) is 0 Å². The van der Waals surface area contributed by atoms with E-state index in [2.05, 4.69) is 19.9 Å². The molecule has 2 unspecified atom stereocenters. The average Bonchev–Trinajstić information content (AvgIpc) is 2.54. The largest absolute Gasteiger partial charge is 0.374 e. The van der Waals surface area contributed by atoms with Crippen LogP contribution in [0.1, 0.15) is 91.4 Å². The molecule has 0 heterocycles. The first kappa shape index (κ1) is 21.4. The Hall–Kier alpha value is -0.590. The van der Waals surface area contributed by atoms with E-state index in [9.17, 15) is 5.26 Å². The maximum atomic E-state index is 9.71. The van der Waals surface area contributed by atoms with Crippen molar-refractivity contribution in [3.63, 3.8) is 0 Å². The second-order valence-corrected chi connectivity index (χ2v) is 6.55. The molecule has 0 saturated heterocycles. The van der Waals surface area contributed by atoms with Gasteiger partial charge in [0.1, 0.15) is 11.7 Å². The SMILES string of the molecule is CCCCCCCCCCC(C#N)(OC)C(C)(CCC)OC. The normalized spacial score (nSPS) is 16.7. The lowest BCUT2D eigenvalue weighted by molar-refractivity contribution is -0.154. The third kappa shape index (κ3) is 6.26. The highest BCUT2D eigenvalue weighted by Gasteiger charge is 2.48. The van der Waals surface area contributed by atoms with E-state index < -0.39 is 11.2 Å². The minimum absolute atomic E-state index is 0.535. The van der Waals surface area contributed by atoms with Crippen LogP contribution in [0.3, 0.4) is 0 Å². The lowest BCUT2D eigenvalue weighted by Gasteiger charge is -2.42. The molecule has 0 aliphatic heterocycles. The van der Waals surface area contributed by atoms with Crippen LogP contribution in [0.15, 0.2) is 0 Å². The van der Waals surface area contributed by atoms with E-state index in [1.165, 1.54) is 44.9 Å². The van der Waals surface area contributed by atoms with Gasteiger partial charge in [0.05, 0.1) is 0 Å². The van der Waals surface area contributed by atoms with Gasteiger partial charge in [0.15, 0.2) is 5.60 Å². The first-order valence-corrected chi connectivity index (χ1v) is 9.07. The maximum Gasteiger partial charge on any atom is 0.182 e. The predicted octanol–water partition coefficient (Wildman–Crippen LogP) is 5.63. The van der Waals surface area contributed by atoms with E-state index in [0.717, 1.165) is 25.7 Å². The van der Waals surface area contributed by atoms with Gasteiger partial charge in [0.25, 0.3) is 0 Å². The minimum atomic E-state index is -0.833. The van der Waals surface area contributed by atoms with Crippen LogP contribution in [0.5, 0.6) is 0 Å². The molecule has 0 saturated carbocycles. The Morgan fingerprint density at radius 2 is 1.32 bits per heavy atom. The summed E-state index contributed by atoms with van der Waals surface area (Å²) in [4.78, 5) is 0. The van der Waals surface area contributed by atoms with Crippen LogP contribution in [0.2, 0.25) is 0 Å². The molecule has 2 atom stereocenters. The molecular formula is C19H37NO2. The first-order chi connectivity index (χ1) is 10.6. The van der Waals surface area contributed by atoms with Gasteiger partial charge in [0, 0.05) is 14.2 Å². The van der Waals surface area contributed by atoms with Crippen molar-refractivity contribution >= 4 is 0 Å². The van der Waals surface area contributed by atoms with Crippen LogP contribution in [-0.2, 0) is 9.47 Å². The highest BCUT2D eigenvalue weighted by atomic mass is 16.5. The molecule has 22 heavy (non-hydrogen) atoms. The molecule has 130 valence electrons. The van der Waals surface area contributed by atoms with Gasteiger partial charge in [-0.1, -0.05) is 65.2 Å². The van der Waals surface area contributed by atoms with Crippen LogP contribution in [0.25, 0.3) is 0 Å². The quantitative estimate of drug-likeness (QED) is 0.390. The van der Waals surface area contributed by atoms with Crippen molar-refractivity contribution in [3.05, 3.63) is 0 Å². The first-order valence-electron chi connectivity index (χ1n) is 9.07. The maximum absolute atomic E-state index is 9.71. The molecule has 0 amide bonds. The Morgan fingerprint density at radius 1 is 0.773 bits per heavy atom. The summed E-state index contributed by atoms with van der Waals surface area (Å²) in [7, 11) is 3.33. The fourth-order valence-electron chi connectivity index (χ4n) is 3.26. The standard InChI is InChI=1S/C19H37NO2/c1-6-8-9-10-11-12-13-14-16-19(17-20,22-5)18(3,21-4)15-7-2/h6-16H2,1-5H3. The number of unbranched alkanes of at least 4 members (excludes halogenated alkanes) is 7. The third-order valence-electron chi connectivity index (χ3n) is 4.94. The molecule has 0 radical (unpaired) electrons. The van der Waals surface area contributed by atoms with Crippen molar-refractivity contribution in [1.82, 2.24) is 0 Å². The molecule has 0 aromatic carbocycles. The molecule has 3 nitrogen and oxygen atoms in total. The zero-order valence-electron chi connectivity index (χ0n) is 15.5. The topological polar surface area (TPSA) is 42.2 Å². The highest BCUT2D eigenvalue weighted by Crippen LogP contribution is 2.37. The van der Waals surface area contributed by atoms with Gasteiger partial charge in [-0.3, -0.25) is 0 Å². The van der Waals surface area contributed by atoms with Crippen LogP contribution < -0.4 is 0 Å². The van der Waals surface area contributed by atoms with Crippen molar-refractivity contribution in [2.75, 3.05) is 14.2 Å². The van der Waals surface area contributed by atoms with Crippen molar-refractivity contribution < 1.29 is 9.47 Å². The van der Waals surface area contributed by atoms with E-state index >= 15 is 0 Å². The van der Waals surface area contributed by atoms with Gasteiger partial charge < -0.3 is 9.47 Å². The number of ether oxygens (including phenoxy) is 2. The van der Waals surface area contributed by atoms with Crippen molar-refractivity contribution in [2.24, 2.45) is 0 Å². The highest BCUT2D eigenvalue weighted by molar-refractivity contribution is 5.13. The van der Waals surface area contributed by atoms with Crippen molar-refractivity contribution in [2.45, 2.75) is 103 Å². The molecule has 0 spiro atoms. The molecule has 0 bridgehead atoms. The van der Waals surface area contributed by atoms with E-state index in [0.29, 0.717) is 0 Å². The summed E-state index contributed by atoms with van der Waals surface area (Å²) in [5.74, 6) is 0. The number of nitrogens with zero attached hydrogens (tertiary/aromatic N) is 1. The van der Waals surface area contributed by atoms with Crippen LogP contribution in [-0.4, -0.2) is 25.4 Å². The summed E-state index contributed by atoms with van der Waals surface area (Å²) in [5, 5.41) is 9.71. The summed E-state index contributed by atoms with van der Waals surface area (Å²) in [6.45, 7) is 6.37. The monoisotopic (exact) mass is 311 g/mol. The van der Waals surface area contributed by atoms with E-state index in [1.54, 1.807) is 14.2 Å². The molecule has 3 heteroatoms. The minimum Gasteiger partial charge on any atom is -0.374 e. The predicted molar refractivity (Wildman–Crippen MR) is 92.9 cm³/mol. The van der Waals surface area contributed by atoms with Crippen LogP contribution in [0, 0.1) is 11.3 Å². The molecule has 0 aliphatic rings. The van der Waals surface area contributed by atoms with E-state index in [1.807, 2.05) is 6.92 Å². The number of hydrogen-bond donors (Lipinski definition) is 0. The third-order valence-corrected chi connectivity index (χ3v) is 4.94. The molecule has 0 N–H and O–H groups in total. The smallest absolute Gasteiger partial charge is 0.182 e. The second kappa shape index (κ2) is 11.9. The Labute approximate surface area is 138 Å². The number of rotatable bonds is 14.